The quantitative estimate of drug-likeness (QED) is 0.854. The average molecular weight is 282 g/mol. The molecule has 1 aromatic rings. The Morgan fingerprint density at radius 2 is 2.20 bits per heavy atom. The highest BCUT2D eigenvalue weighted by molar-refractivity contribution is 5.95. The van der Waals surface area contributed by atoms with E-state index in [1.807, 2.05) is 0 Å². The number of benzene rings is 1. The van der Waals surface area contributed by atoms with E-state index in [9.17, 15) is 13.6 Å². The van der Waals surface area contributed by atoms with Gasteiger partial charge in [0.1, 0.15) is 17.2 Å². The molecule has 2 fully saturated rings. The van der Waals surface area contributed by atoms with Gasteiger partial charge in [0.15, 0.2) is 0 Å². The van der Waals surface area contributed by atoms with Gasteiger partial charge in [0.25, 0.3) is 5.91 Å². The van der Waals surface area contributed by atoms with Gasteiger partial charge in [0.05, 0.1) is 12.1 Å². The zero-order valence-electron chi connectivity index (χ0n) is 11.0. The Bertz CT molecular complexity index is 564. The molecule has 1 saturated heterocycles. The molecule has 3 N–H and O–H groups in total. The van der Waals surface area contributed by atoms with Crippen molar-refractivity contribution >= 4 is 5.91 Å². The number of hydrogen-bond acceptors (Lipinski definition) is 3. The van der Waals surface area contributed by atoms with Gasteiger partial charge in [-0.05, 0) is 25.0 Å². The molecule has 1 heterocycles. The lowest BCUT2D eigenvalue weighted by Crippen LogP contribution is -2.69. The summed E-state index contributed by atoms with van der Waals surface area (Å²) in [5.74, 6) is -2.26. The van der Waals surface area contributed by atoms with E-state index >= 15 is 0 Å². The molecule has 1 aromatic carbocycles. The van der Waals surface area contributed by atoms with Crippen LogP contribution in [-0.2, 0) is 4.74 Å². The van der Waals surface area contributed by atoms with Crippen molar-refractivity contribution in [3.63, 3.8) is 0 Å². The fourth-order valence-corrected chi connectivity index (χ4v) is 3.02. The Morgan fingerprint density at radius 3 is 2.95 bits per heavy atom. The number of carbonyl (C=O) groups is 1. The zero-order valence-corrected chi connectivity index (χ0v) is 11.0. The van der Waals surface area contributed by atoms with Crippen LogP contribution in [0.5, 0.6) is 0 Å². The smallest absolute Gasteiger partial charge is 0.257 e. The summed E-state index contributed by atoms with van der Waals surface area (Å²) in [5.41, 5.74) is 5.63. The van der Waals surface area contributed by atoms with E-state index in [1.165, 1.54) is 13.0 Å². The summed E-state index contributed by atoms with van der Waals surface area (Å²) in [6.07, 6.45) is 0.732. The molecule has 1 saturated carbocycles. The number of fused-ring (bicyclic) bond motifs is 1. The zero-order chi connectivity index (χ0) is 14.4. The number of hydrogen-bond donors (Lipinski definition) is 2. The highest BCUT2D eigenvalue weighted by Gasteiger charge is 2.52. The summed E-state index contributed by atoms with van der Waals surface area (Å²) in [7, 11) is 0. The summed E-state index contributed by atoms with van der Waals surface area (Å²) in [6, 6.07) is 1.78. The van der Waals surface area contributed by atoms with Crippen LogP contribution in [0.25, 0.3) is 0 Å². The molecule has 4 atom stereocenters. The van der Waals surface area contributed by atoms with Crippen LogP contribution in [0.2, 0.25) is 0 Å². The van der Waals surface area contributed by atoms with Gasteiger partial charge in [-0.25, -0.2) is 8.78 Å². The number of halogens is 2. The lowest BCUT2D eigenvalue weighted by Gasteiger charge is -2.45. The molecule has 3 rings (SSSR count). The van der Waals surface area contributed by atoms with E-state index in [0.29, 0.717) is 6.61 Å². The molecular weight excluding hydrogens is 266 g/mol. The summed E-state index contributed by atoms with van der Waals surface area (Å²) >= 11 is 0. The highest BCUT2D eigenvalue weighted by atomic mass is 19.1. The van der Waals surface area contributed by atoms with Crippen LogP contribution in [0.4, 0.5) is 8.78 Å². The molecule has 4 nitrogen and oxygen atoms in total. The van der Waals surface area contributed by atoms with E-state index < -0.39 is 23.1 Å². The van der Waals surface area contributed by atoms with Crippen LogP contribution in [-0.4, -0.2) is 30.7 Å². The van der Waals surface area contributed by atoms with Gasteiger partial charge in [-0.15, -0.1) is 0 Å². The Hall–Kier alpha value is -1.53. The summed E-state index contributed by atoms with van der Waals surface area (Å²) < 4.78 is 33.0. The van der Waals surface area contributed by atoms with Crippen LogP contribution in [0.1, 0.15) is 22.3 Å². The molecule has 1 amide bonds. The summed E-state index contributed by atoms with van der Waals surface area (Å²) in [5, 5.41) is 2.59. The van der Waals surface area contributed by atoms with Crippen LogP contribution in [0, 0.1) is 24.5 Å². The average Bonchev–Trinajstić information content (AvgIpc) is 2.85. The molecule has 4 unspecified atom stereocenters. The molecule has 6 heteroatoms. The van der Waals surface area contributed by atoms with E-state index in [1.54, 1.807) is 0 Å². The second-order valence-corrected chi connectivity index (χ2v) is 5.42. The molecule has 20 heavy (non-hydrogen) atoms. The largest absolute Gasteiger partial charge is 0.376 e. The standard InChI is InChI=1S/C14H16F2N2O2/c1-6-2-3-8(15)9(10(6)16)14(19)18-12-11(17)7-4-5-20-13(7)12/h2-3,7,11-13H,4-5,17H2,1H3,(H,18,19). The molecule has 0 bridgehead atoms. The second-order valence-electron chi connectivity index (χ2n) is 5.42. The number of aryl methyl sites for hydroxylation is 1. The van der Waals surface area contributed by atoms with E-state index in [2.05, 4.69) is 5.32 Å². The van der Waals surface area contributed by atoms with Crippen molar-refractivity contribution in [2.45, 2.75) is 31.5 Å². The van der Waals surface area contributed by atoms with Gasteiger partial charge in [-0.1, -0.05) is 6.07 Å². The Morgan fingerprint density at radius 1 is 1.45 bits per heavy atom. The number of nitrogens with one attached hydrogen (secondary N) is 1. The molecule has 1 aliphatic carbocycles. The Kier molecular flexibility index (Phi) is 3.22. The van der Waals surface area contributed by atoms with Crippen LogP contribution < -0.4 is 11.1 Å². The number of nitrogens with two attached hydrogens (primary N) is 1. The fourth-order valence-electron chi connectivity index (χ4n) is 3.02. The third-order valence-corrected chi connectivity index (χ3v) is 4.26. The predicted octanol–water partition coefficient (Wildman–Crippen LogP) is 1.12. The SMILES string of the molecule is Cc1ccc(F)c(C(=O)NC2C(N)C3CCOC32)c1F. The minimum atomic E-state index is -0.873. The third-order valence-electron chi connectivity index (χ3n) is 4.26. The molecule has 2 aliphatic rings. The Labute approximate surface area is 115 Å². The van der Waals surface area contributed by atoms with Gasteiger partial charge >= 0.3 is 0 Å². The lowest BCUT2D eigenvalue weighted by molar-refractivity contribution is -0.0162. The topological polar surface area (TPSA) is 64.4 Å². The maximum Gasteiger partial charge on any atom is 0.257 e. The van der Waals surface area contributed by atoms with Crippen LogP contribution in [0.15, 0.2) is 12.1 Å². The summed E-state index contributed by atoms with van der Waals surface area (Å²) in [4.78, 5) is 12.1. The first-order chi connectivity index (χ1) is 9.50. The lowest BCUT2D eigenvalue weighted by atomic mass is 9.72. The monoisotopic (exact) mass is 282 g/mol. The molecule has 0 radical (unpaired) electrons. The maximum atomic E-state index is 13.9. The van der Waals surface area contributed by atoms with Crippen molar-refractivity contribution in [3.05, 3.63) is 34.9 Å². The molecule has 108 valence electrons. The van der Waals surface area contributed by atoms with Crippen molar-refractivity contribution in [1.29, 1.82) is 0 Å². The highest BCUT2D eigenvalue weighted by Crippen LogP contribution is 2.37. The third kappa shape index (κ3) is 1.91. The molecule has 1 aliphatic heterocycles. The van der Waals surface area contributed by atoms with E-state index in [4.69, 9.17) is 10.5 Å². The first-order valence-corrected chi connectivity index (χ1v) is 6.63. The van der Waals surface area contributed by atoms with Crippen molar-refractivity contribution in [1.82, 2.24) is 5.32 Å². The van der Waals surface area contributed by atoms with E-state index in [0.717, 1.165) is 12.5 Å². The molecule has 0 spiro atoms. The van der Waals surface area contributed by atoms with Crippen molar-refractivity contribution in [2.24, 2.45) is 11.7 Å². The van der Waals surface area contributed by atoms with Gasteiger partial charge in [0, 0.05) is 18.6 Å². The number of carbonyl (C=O) groups excluding carboxylic acids is 1. The first-order valence-electron chi connectivity index (χ1n) is 6.63. The fraction of sp³-hybridized carbons (Fsp3) is 0.500. The normalized spacial score (nSPS) is 31.6. The van der Waals surface area contributed by atoms with Gasteiger partial charge in [0.2, 0.25) is 0 Å². The van der Waals surface area contributed by atoms with E-state index in [-0.39, 0.29) is 29.7 Å². The maximum absolute atomic E-state index is 13.9. The van der Waals surface area contributed by atoms with Crippen molar-refractivity contribution in [3.8, 4) is 0 Å². The molecule has 0 aromatic heterocycles. The van der Waals surface area contributed by atoms with Crippen LogP contribution >= 0.6 is 0 Å². The first kappa shape index (κ1) is 13.5. The van der Waals surface area contributed by atoms with Gasteiger partial charge < -0.3 is 15.8 Å². The minimum Gasteiger partial charge on any atom is -0.376 e. The number of ether oxygens (including phenoxy) is 1. The molecular formula is C14H16F2N2O2. The second kappa shape index (κ2) is 4.79. The Balaban J connectivity index is 1.79. The summed E-state index contributed by atoms with van der Waals surface area (Å²) in [6.45, 7) is 2.10. The van der Waals surface area contributed by atoms with Gasteiger partial charge in [-0.2, -0.15) is 0 Å². The van der Waals surface area contributed by atoms with Crippen molar-refractivity contribution in [2.75, 3.05) is 6.61 Å². The minimum absolute atomic E-state index is 0.134. The number of rotatable bonds is 2. The predicted molar refractivity (Wildman–Crippen MR) is 68.2 cm³/mol. The number of amides is 1. The van der Waals surface area contributed by atoms with Crippen LogP contribution in [0.3, 0.4) is 0 Å². The van der Waals surface area contributed by atoms with Crippen molar-refractivity contribution < 1.29 is 18.3 Å². The van der Waals surface area contributed by atoms with Gasteiger partial charge in [-0.3, -0.25) is 4.79 Å².